The first-order chi connectivity index (χ1) is 5.83. The first-order valence-electron chi connectivity index (χ1n) is 3.88. The highest BCUT2D eigenvalue weighted by atomic mass is 28.2. The molecule has 1 nitrogen and oxygen atoms in total. The summed E-state index contributed by atoms with van der Waals surface area (Å²) in [5.41, 5.74) is 1.19. The van der Waals surface area contributed by atoms with Gasteiger partial charge in [-0.05, 0) is 12.5 Å². The molecule has 0 heterocycles. The van der Waals surface area contributed by atoms with Gasteiger partial charge >= 0.3 is 0 Å². The molecule has 1 unspecified atom stereocenters. The second-order valence-electron chi connectivity index (χ2n) is 2.59. The van der Waals surface area contributed by atoms with E-state index in [4.69, 9.17) is 4.43 Å². The van der Waals surface area contributed by atoms with Gasteiger partial charge in [-0.2, -0.15) is 0 Å². The molecule has 0 fully saturated rings. The third-order valence-corrected chi connectivity index (χ3v) is 1.92. The maximum atomic E-state index is 4.89. The SMILES string of the molecule is CC(/C=C/c1ccccc1)O[Si]. The molecular weight excluding hydrogens is 164 g/mol. The first kappa shape index (κ1) is 9.23. The van der Waals surface area contributed by atoms with Crippen LogP contribution in [0.4, 0.5) is 0 Å². The van der Waals surface area contributed by atoms with Crippen molar-refractivity contribution in [2.24, 2.45) is 0 Å². The second-order valence-corrected chi connectivity index (χ2v) is 2.83. The summed E-state index contributed by atoms with van der Waals surface area (Å²) in [7, 11) is 2.98. The molecule has 1 atom stereocenters. The van der Waals surface area contributed by atoms with Crippen LogP contribution in [0.15, 0.2) is 36.4 Å². The van der Waals surface area contributed by atoms with Gasteiger partial charge in [-0.3, -0.25) is 0 Å². The van der Waals surface area contributed by atoms with E-state index in [0.29, 0.717) is 0 Å². The third kappa shape index (κ3) is 3.03. The summed E-state index contributed by atoms with van der Waals surface area (Å²) in [6.45, 7) is 1.96. The van der Waals surface area contributed by atoms with Gasteiger partial charge in [0.15, 0.2) is 0 Å². The van der Waals surface area contributed by atoms with E-state index in [0.717, 1.165) is 0 Å². The van der Waals surface area contributed by atoms with Crippen LogP contribution in [-0.4, -0.2) is 16.6 Å². The van der Waals surface area contributed by atoms with E-state index in [1.54, 1.807) is 0 Å². The van der Waals surface area contributed by atoms with Crippen LogP contribution < -0.4 is 0 Å². The van der Waals surface area contributed by atoms with Gasteiger partial charge in [0.1, 0.15) is 0 Å². The summed E-state index contributed by atoms with van der Waals surface area (Å²) in [6, 6.07) is 10.1. The minimum atomic E-state index is 0.0990. The van der Waals surface area contributed by atoms with Crippen LogP contribution in [0.25, 0.3) is 6.08 Å². The fourth-order valence-corrected chi connectivity index (χ4v) is 0.929. The van der Waals surface area contributed by atoms with Crippen molar-refractivity contribution >= 4 is 16.6 Å². The predicted molar refractivity (Wildman–Crippen MR) is 51.8 cm³/mol. The lowest BCUT2D eigenvalue weighted by atomic mass is 10.2. The minimum absolute atomic E-state index is 0.0990. The lowest BCUT2D eigenvalue weighted by Gasteiger charge is -2.01. The van der Waals surface area contributed by atoms with E-state index in [9.17, 15) is 0 Å². The van der Waals surface area contributed by atoms with Crippen molar-refractivity contribution in [1.82, 2.24) is 0 Å². The van der Waals surface area contributed by atoms with Crippen LogP contribution in [-0.2, 0) is 4.43 Å². The Bertz CT molecular complexity index is 243. The molecule has 0 saturated heterocycles. The van der Waals surface area contributed by atoms with E-state index >= 15 is 0 Å². The molecule has 3 radical (unpaired) electrons. The van der Waals surface area contributed by atoms with E-state index in [-0.39, 0.29) is 6.10 Å². The largest absolute Gasteiger partial charge is 0.413 e. The van der Waals surface area contributed by atoms with Gasteiger partial charge in [0.05, 0.1) is 6.10 Å². The molecule has 0 aliphatic rings. The molecule has 0 aliphatic heterocycles. The van der Waals surface area contributed by atoms with Gasteiger partial charge in [0.25, 0.3) is 0 Å². The average Bonchev–Trinajstić information content (AvgIpc) is 2.16. The van der Waals surface area contributed by atoms with E-state index < -0.39 is 0 Å². The molecule has 2 heteroatoms. The molecule has 1 rings (SSSR count). The predicted octanol–water partition coefficient (Wildman–Crippen LogP) is 2.19. The Balaban J connectivity index is 2.58. The Morgan fingerprint density at radius 1 is 1.33 bits per heavy atom. The Morgan fingerprint density at radius 3 is 2.58 bits per heavy atom. The normalized spacial score (nSPS) is 13.5. The zero-order valence-electron chi connectivity index (χ0n) is 7.03. The topological polar surface area (TPSA) is 9.23 Å². The van der Waals surface area contributed by atoms with Crippen LogP contribution in [0.3, 0.4) is 0 Å². The highest BCUT2D eigenvalue weighted by Crippen LogP contribution is 2.02. The monoisotopic (exact) mass is 175 g/mol. The van der Waals surface area contributed by atoms with E-state index in [1.807, 2.05) is 37.3 Å². The van der Waals surface area contributed by atoms with Crippen molar-refractivity contribution in [3.05, 3.63) is 42.0 Å². The Labute approximate surface area is 76.6 Å². The molecule has 1 aromatic carbocycles. The Morgan fingerprint density at radius 2 is 2.00 bits per heavy atom. The molecule has 0 aromatic heterocycles. The second kappa shape index (κ2) is 4.90. The molecule has 0 aliphatic carbocycles. The van der Waals surface area contributed by atoms with Crippen LogP contribution >= 0.6 is 0 Å². The maximum Gasteiger partial charge on any atom is 0.247 e. The standard InChI is InChI=1S/C10H11OSi/c1-9(11-12)7-8-10-5-3-2-4-6-10/h2-9H,1H3/b8-7+. The van der Waals surface area contributed by atoms with Crippen LogP contribution in [0.2, 0.25) is 0 Å². The molecule has 0 saturated carbocycles. The summed E-state index contributed by atoms with van der Waals surface area (Å²) in [5.74, 6) is 0. The highest BCUT2D eigenvalue weighted by molar-refractivity contribution is 5.98. The minimum Gasteiger partial charge on any atom is -0.413 e. The molecule has 0 bridgehead atoms. The summed E-state index contributed by atoms with van der Waals surface area (Å²) >= 11 is 0. The van der Waals surface area contributed by atoms with Crippen molar-refractivity contribution in [1.29, 1.82) is 0 Å². The molecule has 0 spiro atoms. The zero-order valence-corrected chi connectivity index (χ0v) is 8.03. The smallest absolute Gasteiger partial charge is 0.247 e. The van der Waals surface area contributed by atoms with Crippen LogP contribution in [0, 0.1) is 0 Å². The van der Waals surface area contributed by atoms with Gasteiger partial charge in [-0.1, -0.05) is 42.5 Å². The molecule has 1 aromatic rings. The first-order valence-corrected chi connectivity index (χ1v) is 4.29. The average molecular weight is 175 g/mol. The number of benzene rings is 1. The highest BCUT2D eigenvalue weighted by Gasteiger charge is 1.89. The zero-order chi connectivity index (χ0) is 8.81. The molecule has 0 amide bonds. The van der Waals surface area contributed by atoms with Gasteiger partial charge in [0.2, 0.25) is 10.5 Å². The molecular formula is C10H11OSi. The fourth-order valence-electron chi connectivity index (χ4n) is 0.850. The van der Waals surface area contributed by atoms with E-state index in [2.05, 4.69) is 22.6 Å². The molecule has 61 valence electrons. The Hall–Kier alpha value is -0.863. The van der Waals surface area contributed by atoms with Crippen LogP contribution in [0.5, 0.6) is 0 Å². The fraction of sp³-hybridized carbons (Fsp3) is 0.200. The third-order valence-electron chi connectivity index (χ3n) is 1.55. The number of rotatable bonds is 3. The van der Waals surface area contributed by atoms with Gasteiger partial charge in [-0.25, -0.2) is 0 Å². The number of hydrogen-bond acceptors (Lipinski definition) is 1. The lowest BCUT2D eigenvalue weighted by molar-refractivity contribution is 0.298. The summed E-state index contributed by atoms with van der Waals surface area (Å²) in [4.78, 5) is 0. The van der Waals surface area contributed by atoms with Crippen molar-refractivity contribution in [3.63, 3.8) is 0 Å². The van der Waals surface area contributed by atoms with Crippen molar-refractivity contribution in [2.45, 2.75) is 13.0 Å². The van der Waals surface area contributed by atoms with Gasteiger partial charge in [0, 0.05) is 0 Å². The van der Waals surface area contributed by atoms with Crippen molar-refractivity contribution in [3.8, 4) is 0 Å². The maximum absolute atomic E-state index is 4.89. The summed E-state index contributed by atoms with van der Waals surface area (Å²) in [5, 5.41) is 0. The van der Waals surface area contributed by atoms with Gasteiger partial charge in [-0.15, -0.1) is 0 Å². The molecule has 12 heavy (non-hydrogen) atoms. The van der Waals surface area contributed by atoms with Crippen molar-refractivity contribution in [2.75, 3.05) is 0 Å². The number of hydrogen-bond donors (Lipinski definition) is 0. The van der Waals surface area contributed by atoms with Gasteiger partial charge < -0.3 is 4.43 Å². The Kier molecular flexibility index (Phi) is 3.77. The van der Waals surface area contributed by atoms with E-state index in [1.165, 1.54) is 5.56 Å². The quantitative estimate of drug-likeness (QED) is 0.640. The van der Waals surface area contributed by atoms with Crippen LogP contribution in [0.1, 0.15) is 12.5 Å². The van der Waals surface area contributed by atoms with Crippen molar-refractivity contribution < 1.29 is 4.43 Å². The summed E-state index contributed by atoms with van der Waals surface area (Å²) < 4.78 is 4.89. The molecule has 0 N–H and O–H groups in total. The lowest BCUT2D eigenvalue weighted by Crippen LogP contribution is -1.99. The summed E-state index contributed by atoms with van der Waals surface area (Å²) in [6.07, 6.45) is 4.12.